The quantitative estimate of drug-likeness (QED) is 0.776. The summed E-state index contributed by atoms with van der Waals surface area (Å²) in [5.74, 6) is 0.428. The van der Waals surface area contributed by atoms with Crippen LogP contribution in [0.25, 0.3) is 0 Å². The standard InChI is InChI=1S/C13H29N3O2S/c1-5-9-16(11-12-7-6-8-14-10-12)19(17,18)15-13(2,3)4/h12,14-15H,5-11H2,1-4H3. The monoisotopic (exact) mass is 291 g/mol. The van der Waals surface area contributed by atoms with Crippen molar-refractivity contribution in [3.8, 4) is 0 Å². The zero-order chi connectivity index (χ0) is 14.5. The van der Waals surface area contributed by atoms with E-state index in [0.29, 0.717) is 19.0 Å². The predicted octanol–water partition coefficient (Wildman–Crippen LogP) is 1.33. The van der Waals surface area contributed by atoms with Crippen molar-refractivity contribution in [1.82, 2.24) is 14.3 Å². The largest absolute Gasteiger partial charge is 0.316 e. The first kappa shape index (κ1) is 16.9. The SMILES string of the molecule is CCCN(CC1CCCNC1)S(=O)(=O)NC(C)(C)C. The van der Waals surface area contributed by atoms with Crippen LogP contribution in [0.3, 0.4) is 0 Å². The summed E-state index contributed by atoms with van der Waals surface area (Å²) < 4.78 is 29.2. The summed E-state index contributed by atoms with van der Waals surface area (Å²) in [4.78, 5) is 0. The fourth-order valence-corrected chi connectivity index (χ4v) is 4.11. The normalized spacial score (nSPS) is 21.8. The summed E-state index contributed by atoms with van der Waals surface area (Å²) in [7, 11) is -3.39. The van der Waals surface area contributed by atoms with Gasteiger partial charge in [-0.3, -0.25) is 0 Å². The number of hydrogen-bond donors (Lipinski definition) is 2. The fraction of sp³-hybridized carbons (Fsp3) is 1.00. The number of nitrogens with one attached hydrogen (secondary N) is 2. The molecular formula is C13H29N3O2S. The Balaban J connectivity index is 2.69. The third kappa shape index (κ3) is 6.21. The van der Waals surface area contributed by atoms with Gasteiger partial charge in [-0.2, -0.15) is 17.4 Å². The Bertz CT molecular complexity index is 357. The summed E-state index contributed by atoms with van der Waals surface area (Å²) >= 11 is 0. The Morgan fingerprint density at radius 1 is 1.37 bits per heavy atom. The zero-order valence-corrected chi connectivity index (χ0v) is 13.5. The Kier molecular flexibility index (Phi) is 6.23. The minimum Gasteiger partial charge on any atom is -0.316 e. The van der Waals surface area contributed by atoms with Crippen molar-refractivity contribution in [3.05, 3.63) is 0 Å². The van der Waals surface area contributed by atoms with Crippen molar-refractivity contribution < 1.29 is 8.42 Å². The highest BCUT2D eigenvalue weighted by molar-refractivity contribution is 7.87. The maximum atomic E-state index is 12.4. The molecule has 1 aliphatic rings. The first-order valence-electron chi connectivity index (χ1n) is 7.24. The van der Waals surface area contributed by atoms with Crippen molar-refractivity contribution >= 4 is 10.2 Å². The molecule has 0 aromatic carbocycles. The minimum atomic E-state index is -3.39. The molecule has 0 saturated carbocycles. The van der Waals surface area contributed by atoms with Crippen LogP contribution < -0.4 is 10.0 Å². The van der Waals surface area contributed by atoms with E-state index < -0.39 is 15.7 Å². The number of hydrogen-bond acceptors (Lipinski definition) is 3. The topological polar surface area (TPSA) is 61.4 Å². The van der Waals surface area contributed by atoms with Gasteiger partial charge in [0.15, 0.2) is 0 Å². The second kappa shape index (κ2) is 7.02. The van der Waals surface area contributed by atoms with E-state index in [1.165, 1.54) is 0 Å². The molecule has 1 saturated heterocycles. The molecule has 0 spiro atoms. The lowest BCUT2D eigenvalue weighted by atomic mass is 10.00. The van der Waals surface area contributed by atoms with Crippen LogP contribution in [0.4, 0.5) is 0 Å². The first-order chi connectivity index (χ1) is 8.74. The van der Waals surface area contributed by atoms with Crippen LogP contribution in [0, 0.1) is 5.92 Å². The molecule has 114 valence electrons. The highest BCUT2D eigenvalue weighted by Gasteiger charge is 2.28. The number of nitrogens with zero attached hydrogens (tertiary/aromatic N) is 1. The van der Waals surface area contributed by atoms with Gasteiger partial charge in [0.1, 0.15) is 0 Å². The molecule has 1 atom stereocenters. The third-order valence-corrected chi connectivity index (χ3v) is 4.99. The van der Waals surface area contributed by atoms with E-state index in [1.54, 1.807) is 4.31 Å². The lowest BCUT2D eigenvalue weighted by Crippen LogP contribution is -2.51. The molecule has 19 heavy (non-hydrogen) atoms. The molecule has 1 fully saturated rings. The Hall–Kier alpha value is -0.170. The number of rotatable bonds is 6. The minimum absolute atomic E-state index is 0.428. The van der Waals surface area contributed by atoms with Crippen LogP contribution in [-0.2, 0) is 10.2 Å². The Morgan fingerprint density at radius 3 is 2.53 bits per heavy atom. The first-order valence-corrected chi connectivity index (χ1v) is 8.68. The molecule has 0 aromatic rings. The fourth-order valence-electron chi connectivity index (χ4n) is 2.38. The highest BCUT2D eigenvalue weighted by Crippen LogP contribution is 2.15. The van der Waals surface area contributed by atoms with Gasteiger partial charge in [0.2, 0.25) is 0 Å². The zero-order valence-electron chi connectivity index (χ0n) is 12.7. The van der Waals surface area contributed by atoms with Crippen molar-refractivity contribution in [2.75, 3.05) is 26.2 Å². The highest BCUT2D eigenvalue weighted by atomic mass is 32.2. The molecule has 0 radical (unpaired) electrons. The summed E-state index contributed by atoms with van der Waals surface area (Å²) in [5.41, 5.74) is -0.435. The summed E-state index contributed by atoms with van der Waals surface area (Å²) in [5, 5.41) is 3.34. The van der Waals surface area contributed by atoms with Gasteiger partial charge in [0, 0.05) is 18.6 Å². The Morgan fingerprint density at radius 2 is 2.05 bits per heavy atom. The molecule has 1 rings (SSSR count). The summed E-state index contributed by atoms with van der Waals surface area (Å²) in [6.07, 6.45) is 3.08. The van der Waals surface area contributed by atoms with Gasteiger partial charge in [-0.05, 0) is 59.0 Å². The molecule has 0 aromatic heterocycles. The van der Waals surface area contributed by atoms with E-state index in [9.17, 15) is 8.42 Å². The van der Waals surface area contributed by atoms with Crippen LogP contribution >= 0.6 is 0 Å². The van der Waals surface area contributed by atoms with E-state index in [1.807, 2.05) is 27.7 Å². The molecule has 5 nitrogen and oxygen atoms in total. The van der Waals surface area contributed by atoms with Crippen LogP contribution in [0.5, 0.6) is 0 Å². The van der Waals surface area contributed by atoms with E-state index >= 15 is 0 Å². The second-order valence-corrected chi connectivity index (χ2v) is 8.10. The molecule has 0 bridgehead atoms. The second-order valence-electron chi connectivity index (χ2n) is 6.43. The van der Waals surface area contributed by atoms with Gasteiger partial charge in [-0.25, -0.2) is 0 Å². The van der Waals surface area contributed by atoms with E-state index in [2.05, 4.69) is 10.0 Å². The third-order valence-electron chi connectivity index (χ3n) is 3.11. The van der Waals surface area contributed by atoms with Crippen molar-refractivity contribution in [1.29, 1.82) is 0 Å². The van der Waals surface area contributed by atoms with Crippen LogP contribution in [0.2, 0.25) is 0 Å². The van der Waals surface area contributed by atoms with Gasteiger partial charge in [0.05, 0.1) is 0 Å². The van der Waals surface area contributed by atoms with Crippen molar-refractivity contribution in [3.63, 3.8) is 0 Å². The lowest BCUT2D eigenvalue weighted by molar-refractivity contribution is 0.285. The van der Waals surface area contributed by atoms with E-state index in [4.69, 9.17) is 0 Å². The van der Waals surface area contributed by atoms with Gasteiger partial charge < -0.3 is 5.32 Å². The average molecular weight is 291 g/mol. The van der Waals surface area contributed by atoms with Crippen LogP contribution in [0.15, 0.2) is 0 Å². The predicted molar refractivity (Wildman–Crippen MR) is 79.3 cm³/mol. The smallest absolute Gasteiger partial charge is 0.279 e. The molecule has 1 unspecified atom stereocenters. The van der Waals surface area contributed by atoms with E-state index in [-0.39, 0.29) is 0 Å². The van der Waals surface area contributed by atoms with Crippen molar-refractivity contribution in [2.45, 2.75) is 52.5 Å². The molecule has 1 aliphatic heterocycles. The van der Waals surface area contributed by atoms with Gasteiger partial charge in [-0.1, -0.05) is 6.92 Å². The number of piperidine rings is 1. The molecule has 0 amide bonds. The molecular weight excluding hydrogens is 262 g/mol. The molecule has 6 heteroatoms. The van der Waals surface area contributed by atoms with Gasteiger partial charge in [0.25, 0.3) is 10.2 Å². The van der Waals surface area contributed by atoms with Crippen LogP contribution in [0.1, 0.15) is 47.0 Å². The maximum Gasteiger partial charge on any atom is 0.279 e. The summed E-state index contributed by atoms with van der Waals surface area (Å²) in [6, 6.07) is 0. The summed E-state index contributed by atoms with van der Waals surface area (Å²) in [6.45, 7) is 10.8. The lowest BCUT2D eigenvalue weighted by Gasteiger charge is -2.32. The maximum absolute atomic E-state index is 12.4. The van der Waals surface area contributed by atoms with E-state index in [0.717, 1.165) is 32.4 Å². The van der Waals surface area contributed by atoms with Gasteiger partial charge in [-0.15, -0.1) is 0 Å². The van der Waals surface area contributed by atoms with Crippen molar-refractivity contribution in [2.24, 2.45) is 5.92 Å². The average Bonchev–Trinajstić information content (AvgIpc) is 2.26. The van der Waals surface area contributed by atoms with Crippen LogP contribution in [-0.4, -0.2) is 44.4 Å². The molecule has 1 heterocycles. The van der Waals surface area contributed by atoms with Gasteiger partial charge >= 0.3 is 0 Å². The molecule has 2 N–H and O–H groups in total. The Labute approximate surface area is 118 Å². The molecule has 0 aliphatic carbocycles.